The Morgan fingerprint density at radius 2 is 2.19 bits per heavy atom. The van der Waals surface area contributed by atoms with E-state index in [1.165, 1.54) is 11.3 Å². The Morgan fingerprint density at radius 3 is 3.00 bits per heavy atom. The van der Waals surface area contributed by atoms with E-state index in [1.807, 2.05) is 11.9 Å². The first kappa shape index (κ1) is 21.8. The summed E-state index contributed by atoms with van der Waals surface area (Å²) in [6.45, 7) is 1.30. The van der Waals surface area contributed by atoms with Gasteiger partial charge in [-0.1, -0.05) is 17.7 Å². The molecule has 0 saturated heterocycles. The number of amidine groups is 1. The average Bonchev–Trinajstić information content (AvgIpc) is 3.38. The molecule has 3 N–H and O–H groups in total. The number of hydrogen-bond donors (Lipinski definition) is 3. The molecule has 1 aromatic carbocycles. The highest BCUT2D eigenvalue weighted by Gasteiger charge is 2.23. The quantitative estimate of drug-likeness (QED) is 0.455. The number of fused-ring (bicyclic) bond motifs is 1. The third-order valence-corrected chi connectivity index (χ3v) is 5.87. The molecule has 4 rings (SSSR count). The predicted octanol–water partition coefficient (Wildman–Crippen LogP) is 2.82. The minimum absolute atomic E-state index is 0.172. The van der Waals surface area contributed by atoms with Gasteiger partial charge in [-0.05, 0) is 18.2 Å². The Balaban J connectivity index is 1.31. The van der Waals surface area contributed by atoms with E-state index < -0.39 is 0 Å². The first-order valence-corrected chi connectivity index (χ1v) is 11.0. The second kappa shape index (κ2) is 9.79. The molecule has 0 aliphatic carbocycles. The van der Waals surface area contributed by atoms with E-state index in [0.29, 0.717) is 41.3 Å². The molecular formula is C20H21ClN8O2S. The van der Waals surface area contributed by atoms with Crippen molar-refractivity contribution in [1.82, 2.24) is 20.1 Å². The van der Waals surface area contributed by atoms with Crippen molar-refractivity contribution >= 4 is 57.6 Å². The lowest BCUT2D eigenvalue weighted by Crippen LogP contribution is -2.36. The van der Waals surface area contributed by atoms with Gasteiger partial charge in [0.15, 0.2) is 11.0 Å². The Labute approximate surface area is 193 Å². The van der Waals surface area contributed by atoms with E-state index in [2.05, 4.69) is 31.0 Å². The summed E-state index contributed by atoms with van der Waals surface area (Å²) < 4.78 is 1.64. The van der Waals surface area contributed by atoms with E-state index in [9.17, 15) is 9.59 Å². The van der Waals surface area contributed by atoms with Crippen LogP contribution in [0.4, 0.5) is 21.3 Å². The summed E-state index contributed by atoms with van der Waals surface area (Å²) in [6, 6.07) is 6.53. The normalized spacial score (nSPS) is 12.7. The van der Waals surface area contributed by atoms with Crippen LogP contribution in [0.2, 0.25) is 5.02 Å². The molecular weight excluding hydrogens is 452 g/mol. The van der Waals surface area contributed by atoms with Crippen LogP contribution in [-0.2, 0) is 17.8 Å². The summed E-state index contributed by atoms with van der Waals surface area (Å²) in [4.78, 5) is 34.9. The first-order chi connectivity index (χ1) is 15.5. The van der Waals surface area contributed by atoms with E-state index in [4.69, 9.17) is 11.6 Å². The van der Waals surface area contributed by atoms with Gasteiger partial charge in [0.1, 0.15) is 18.6 Å². The number of hydrogen-bond acceptors (Lipinski definition) is 8. The number of anilines is 3. The van der Waals surface area contributed by atoms with Crippen LogP contribution in [0.5, 0.6) is 0 Å². The zero-order valence-electron chi connectivity index (χ0n) is 17.2. The number of amides is 2. The molecule has 3 heterocycles. The average molecular weight is 473 g/mol. The van der Waals surface area contributed by atoms with Gasteiger partial charge in [0, 0.05) is 41.8 Å². The molecule has 0 fully saturated rings. The van der Waals surface area contributed by atoms with Crippen molar-refractivity contribution in [1.29, 1.82) is 0 Å². The lowest BCUT2D eigenvalue weighted by Gasteiger charge is -2.24. The molecule has 0 atom stereocenters. The molecule has 10 nitrogen and oxygen atoms in total. The molecule has 12 heteroatoms. The van der Waals surface area contributed by atoms with Gasteiger partial charge < -0.3 is 20.3 Å². The van der Waals surface area contributed by atoms with Crippen molar-refractivity contribution < 1.29 is 9.59 Å². The third kappa shape index (κ3) is 5.06. The van der Waals surface area contributed by atoms with Gasteiger partial charge in [0.25, 0.3) is 0 Å². The summed E-state index contributed by atoms with van der Waals surface area (Å²) in [5.74, 6) is 0.709. The van der Waals surface area contributed by atoms with E-state index in [1.54, 1.807) is 41.3 Å². The number of nitrogens with zero attached hydrogens (tertiary/aromatic N) is 5. The first-order valence-electron chi connectivity index (χ1n) is 9.81. The smallest absolute Gasteiger partial charge is 0.325 e. The Hall–Kier alpha value is -3.44. The number of benzene rings is 1. The minimum Gasteiger partial charge on any atom is -0.368 e. The van der Waals surface area contributed by atoms with Gasteiger partial charge in [-0.2, -0.15) is 5.10 Å². The number of carbonyl (C=O) groups excluding carboxylic acids is 2. The van der Waals surface area contributed by atoms with Crippen LogP contribution in [0.15, 0.2) is 41.7 Å². The molecule has 1 aliphatic heterocycles. The van der Waals surface area contributed by atoms with E-state index in [-0.39, 0.29) is 12.6 Å². The zero-order chi connectivity index (χ0) is 22.5. The number of aromatic nitrogens is 3. The summed E-state index contributed by atoms with van der Waals surface area (Å²) in [7, 11) is 1.93. The van der Waals surface area contributed by atoms with Crippen LogP contribution < -0.4 is 20.9 Å². The van der Waals surface area contributed by atoms with Gasteiger partial charge in [0.2, 0.25) is 0 Å². The number of nitrogens with one attached hydrogen (secondary N) is 3. The lowest BCUT2D eigenvalue weighted by molar-refractivity contribution is -0.108. The van der Waals surface area contributed by atoms with Crippen molar-refractivity contribution in [3.05, 3.63) is 52.3 Å². The minimum atomic E-state index is -0.386. The summed E-state index contributed by atoms with van der Waals surface area (Å²) >= 11 is 7.33. The SMILES string of the molecule is CN1CN=C(NCCc2cnc(NC(=O)Nc3cccc(Cl)c3)s2)c2c1cnn2CC=O. The molecule has 0 unspecified atom stereocenters. The van der Waals surface area contributed by atoms with E-state index in [0.717, 1.165) is 22.5 Å². The molecule has 2 amide bonds. The molecule has 0 spiro atoms. The van der Waals surface area contributed by atoms with Gasteiger partial charge in [-0.3, -0.25) is 10.00 Å². The van der Waals surface area contributed by atoms with Crippen LogP contribution in [0, 0.1) is 0 Å². The van der Waals surface area contributed by atoms with Crippen molar-refractivity contribution in [3.63, 3.8) is 0 Å². The highest BCUT2D eigenvalue weighted by atomic mass is 35.5. The summed E-state index contributed by atoms with van der Waals surface area (Å²) in [5, 5.41) is 14.1. The fraction of sp³-hybridized carbons (Fsp3) is 0.250. The van der Waals surface area contributed by atoms with Gasteiger partial charge >= 0.3 is 6.03 Å². The largest absolute Gasteiger partial charge is 0.368 e. The molecule has 0 saturated carbocycles. The Bertz CT molecular complexity index is 1160. The molecule has 3 aromatic rings. The number of halogens is 1. The van der Waals surface area contributed by atoms with Crippen molar-refractivity contribution in [2.45, 2.75) is 13.0 Å². The lowest BCUT2D eigenvalue weighted by atomic mass is 10.2. The monoisotopic (exact) mass is 472 g/mol. The van der Waals surface area contributed by atoms with Gasteiger partial charge in [-0.15, -0.1) is 11.3 Å². The number of thiazole rings is 1. The van der Waals surface area contributed by atoms with Crippen molar-refractivity contribution in [2.24, 2.45) is 4.99 Å². The van der Waals surface area contributed by atoms with Crippen molar-refractivity contribution in [3.8, 4) is 0 Å². The second-order valence-corrected chi connectivity index (χ2v) is 8.52. The Morgan fingerprint density at radius 1 is 1.31 bits per heavy atom. The number of aldehydes is 1. The fourth-order valence-electron chi connectivity index (χ4n) is 3.19. The zero-order valence-corrected chi connectivity index (χ0v) is 18.8. The number of aliphatic imine (C=N–C) groups is 1. The van der Waals surface area contributed by atoms with Gasteiger partial charge in [0.05, 0.1) is 18.4 Å². The topological polar surface area (TPSA) is 117 Å². The van der Waals surface area contributed by atoms with E-state index >= 15 is 0 Å². The molecule has 32 heavy (non-hydrogen) atoms. The molecule has 2 aromatic heterocycles. The maximum atomic E-state index is 12.2. The number of rotatable bonds is 7. The Kier molecular flexibility index (Phi) is 6.66. The summed E-state index contributed by atoms with van der Waals surface area (Å²) in [5.41, 5.74) is 2.33. The maximum Gasteiger partial charge on any atom is 0.325 e. The fourth-order valence-corrected chi connectivity index (χ4v) is 4.18. The van der Waals surface area contributed by atoms with Crippen LogP contribution in [0.25, 0.3) is 0 Å². The van der Waals surface area contributed by atoms with Crippen LogP contribution in [-0.4, -0.2) is 53.2 Å². The van der Waals surface area contributed by atoms with Gasteiger partial charge in [-0.25, -0.2) is 14.8 Å². The molecule has 0 bridgehead atoms. The molecule has 0 radical (unpaired) electrons. The number of carbonyl (C=O) groups is 2. The second-order valence-electron chi connectivity index (χ2n) is 6.97. The van der Waals surface area contributed by atoms with Crippen LogP contribution in [0.3, 0.4) is 0 Å². The highest BCUT2D eigenvalue weighted by Crippen LogP contribution is 2.23. The number of urea groups is 1. The summed E-state index contributed by atoms with van der Waals surface area (Å²) in [6.07, 6.45) is 4.99. The molecule has 1 aliphatic rings. The standard InChI is InChI=1S/C20H21ClN8O2S/c1-28-12-24-18(17-16(28)11-25-29(17)7-8-30)22-6-5-15-10-23-20(32-15)27-19(31)26-14-4-2-3-13(21)9-14/h2-4,8-11H,5-7,12H2,1H3,(H,22,24)(H2,23,26,27,31). The van der Waals surface area contributed by atoms with Crippen molar-refractivity contribution in [2.75, 3.05) is 35.8 Å². The third-order valence-electron chi connectivity index (χ3n) is 4.66. The van der Waals surface area contributed by atoms with Crippen LogP contribution in [0.1, 0.15) is 10.6 Å². The predicted molar refractivity (Wildman–Crippen MR) is 126 cm³/mol. The highest BCUT2D eigenvalue weighted by molar-refractivity contribution is 7.15. The van der Waals surface area contributed by atoms with Crippen LogP contribution >= 0.6 is 22.9 Å². The molecule has 166 valence electrons. The maximum absolute atomic E-state index is 12.2.